The lowest BCUT2D eigenvalue weighted by Crippen LogP contribution is -2.04. The van der Waals surface area contributed by atoms with E-state index in [1.807, 2.05) is 12.1 Å². The van der Waals surface area contributed by atoms with E-state index in [0.717, 1.165) is 11.1 Å². The average molecular weight is 238 g/mol. The molecule has 4 heteroatoms. The fourth-order valence-corrected chi connectivity index (χ4v) is 1.79. The first-order valence-corrected chi connectivity index (χ1v) is 5.35. The number of benzene rings is 1. The number of hydrogen-bond acceptors (Lipinski definition) is 4. The fourth-order valence-electron chi connectivity index (χ4n) is 1.79. The number of rotatable bonds is 6. The van der Waals surface area contributed by atoms with Gasteiger partial charge in [0.15, 0.2) is 0 Å². The van der Waals surface area contributed by atoms with Crippen LogP contribution in [0.2, 0.25) is 0 Å². The van der Waals surface area contributed by atoms with Crippen LogP contribution in [0.5, 0.6) is 11.5 Å². The Morgan fingerprint density at radius 1 is 1.18 bits per heavy atom. The van der Waals surface area contributed by atoms with Gasteiger partial charge in [-0.25, -0.2) is 0 Å². The number of carbonyl (C=O) groups is 1. The van der Waals surface area contributed by atoms with Crippen molar-refractivity contribution in [2.45, 2.75) is 20.0 Å². The third-order valence-corrected chi connectivity index (χ3v) is 2.45. The Kier molecular flexibility index (Phi) is 4.97. The first-order valence-electron chi connectivity index (χ1n) is 5.35. The molecule has 0 unspecified atom stereocenters. The van der Waals surface area contributed by atoms with Gasteiger partial charge in [0, 0.05) is 19.1 Å². The van der Waals surface area contributed by atoms with E-state index in [1.165, 1.54) is 0 Å². The zero-order valence-corrected chi connectivity index (χ0v) is 10.7. The summed E-state index contributed by atoms with van der Waals surface area (Å²) in [6, 6.07) is 3.67. The van der Waals surface area contributed by atoms with Crippen molar-refractivity contribution in [2.24, 2.45) is 0 Å². The molecule has 0 bridgehead atoms. The normalized spacial score (nSPS) is 10.1. The Labute approximate surface area is 101 Å². The molecular weight excluding hydrogens is 220 g/mol. The van der Waals surface area contributed by atoms with Crippen LogP contribution in [0.25, 0.3) is 0 Å². The summed E-state index contributed by atoms with van der Waals surface area (Å²) in [5.41, 5.74) is 1.68. The predicted molar refractivity (Wildman–Crippen MR) is 64.6 cm³/mol. The third kappa shape index (κ3) is 3.20. The largest absolute Gasteiger partial charge is 0.496 e. The van der Waals surface area contributed by atoms with Crippen molar-refractivity contribution in [1.82, 2.24) is 0 Å². The molecule has 0 radical (unpaired) electrons. The summed E-state index contributed by atoms with van der Waals surface area (Å²) < 4.78 is 15.7. The summed E-state index contributed by atoms with van der Waals surface area (Å²) in [6.45, 7) is 1.94. The van der Waals surface area contributed by atoms with Gasteiger partial charge in [-0.1, -0.05) is 6.07 Å². The van der Waals surface area contributed by atoms with E-state index in [9.17, 15) is 4.79 Å². The van der Waals surface area contributed by atoms with E-state index in [2.05, 4.69) is 0 Å². The zero-order valence-electron chi connectivity index (χ0n) is 10.7. The maximum absolute atomic E-state index is 11.2. The van der Waals surface area contributed by atoms with E-state index in [-0.39, 0.29) is 5.78 Å². The number of hydrogen-bond donors (Lipinski definition) is 0. The summed E-state index contributed by atoms with van der Waals surface area (Å²) in [4.78, 5) is 11.2. The van der Waals surface area contributed by atoms with Crippen molar-refractivity contribution in [3.63, 3.8) is 0 Å². The molecule has 0 spiro atoms. The molecule has 0 aromatic heterocycles. The summed E-state index contributed by atoms with van der Waals surface area (Å²) in [5.74, 6) is 1.47. The Morgan fingerprint density at radius 2 is 1.88 bits per heavy atom. The predicted octanol–water partition coefficient (Wildman–Crippen LogP) is 1.98. The smallest absolute Gasteiger partial charge is 0.134 e. The van der Waals surface area contributed by atoms with Crippen LogP contribution in [-0.4, -0.2) is 27.1 Å². The summed E-state index contributed by atoms with van der Waals surface area (Å²) >= 11 is 0. The molecule has 0 aliphatic heterocycles. The van der Waals surface area contributed by atoms with Gasteiger partial charge in [-0.2, -0.15) is 0 Å². The first kappa shape index (κ1) is 13.5. The number of ether oxygens (including phenoxy) is 3. The van der Waals surface area contributed by atoms with Gasteiger partial charge in [0.1, 0.15) is 17.3 Å². The molecule has 0 N–H and O–H groups in total. The summed E-state index contributed by atoms with van der Waals surface area (Å²) in [5, 5.41) is 0. The molecule has 0 aliphatic rings. The topological polar surface area (TPSA) is 44.8 Å². The fraction of sp³-hybridized carbons (Fsp3) is 0.462. The lowest BCUT2D eigenvalue weighted by molar-refractivity contribution is -0.116. The van der Waals surface area contributed by atoms with Gasteiger partial charge in [-0.3, -0.25) is 4.79 Å². The number of methoxy groups -OCH3 is 3. The lowest BCUT2D eigenvalue weighted by Gasteiger charge is -2.15. The molecule has 0 saturated heterocycles. The quantitative estimate of drug-likeness (QED) is 0.760. The molecule has 0 aliphatic carbocycles. The maximum atomic E-state index is 11.2. The molecule has 0 heterocycles. The van der Waals surface area contributed by atoms with Gasteiger partial charge >= 0.3 is 0 Å². The third-order valence-electron chi connectivity index (χ3n) is 2.45. The first-order chi connectivity index (χ1) is 8.13. The second-order valence-corrected chi connectivity index (χ2v) is 3.75. The van der Waals surface area contributed by atoms with Crippen LogP contribution in [0.4, 0.5) is 0 Å². The molecule has 1 aromatic rings. The molecule has 4 nitrogen and oxygen atoms in total. The van der Waals surface area contributed by atoms with Gasteiger partial charge in [0.2, 0.25) is 0 Å². The Bertz CT molecular complexity index is 399. The van der Waals surface area contributed by atoms with Crippen molar-refractivity contribution in [1.29, 1.82) is 0 Å². The van der Waals surface area contributed by atoms with E-state index >= 15 is 0 Å². The van der Waals surface area contributed by atoms with Crippen molar-refractivity contribution in [2.75, 3.05) is 21.3 Å². The minimum atomic E-state index is 0.0943. The molecule has 94 valence electrons. The van der Waals surface area contributed by atoms with Crippen molar-refractivity contribution in [3.8, 4) is 11.5 Å². The second kappa shape index (κ2) is 6.25. The minimum Gasteiger partial charge on any atom is -0.496 e. The van der Waals surface area contributed by atoms with Crippen LogP contribution in [-0.2, 0) is 22.6 Å². The maximum Gasteiger partial charge on any atom is 0.134 e. The number of ketones is 1. The van der Waals surface area contributed by atoms with Crippen LogP contribution in [0, 0.1) is 0 Å². The highest BCUT2D eigenvalue weighted by Crippen LogP contribution is 2.33. The second-order valence-electron chi connectivity index (χ2n) is 3.75. The van der Waals surface area contributed by atoms with Crippen LogP contribution >= 0.6 is 0 Å². The number of carbonyl (C=O) groups excluding carboxylic acids is 1. The van der Waals surface area contributed by atoms with E-state index < -0.39 is 0 Å². The van der Waals surface area contributed by atoms with Gasteiger partial charge in [-0.05, 0) is 13.0 Å². The highest BCUT2D eigenvalue weighted by molar-refractivity contribution is 5.79. The van der Waals surface area contributed by atoms with E-state index in [1.54, 1.807) is 28.3 Å². The van der Waals surface area contributed by atoms with E-state index in [4.69, 9.17) is 14.2 Å². The lowest BCUT2D eigenvalue weighted by atomic mass is 10.0. The molecule has 1 aromatic carbocycles. The van der Waals surface area contributed by atoms with Gasteiger partial charge in [0.05, 0.1) is 26.4 Å². The summed E-state index contributed by atoms with van der Waals surface area (Å²) in [7, 11) is 4.78. The number of Topliss-reactive ketones (excluding diaryl/α,β-unsaturated/α-hetero) is 1. The Balaban J connectivity index is 3.24. The van der Waals surface area contributed by atoms with Crippen LogP contribution in [0.15, 0.2) is 12.1 Å². The standard InChI is InChI=1S/C13H18O4/c1-9(14)7-10-5-6-12(16-3)11(8-15-2)13(10)17-4/h5-6H,7-8H2,1-4H3. The van der Waals surface area contributed by atoms with Crippen molar-refractivity contribution < 1.29 is 19.0 Å². The van der Waals surface area contributed by atoms with Gasteiger partial charge < -0.3 is 14.2 Å². The van der Waals surface area contributed by atoms with Crippen LogP contribution < -0.4 is 9.47 Å². The Morgan fingerprint density at radius 3 is 2.35 bits per heavy atom. The molecule has 0 fully saturated rings. The Hall–Kier alpha value is -1.55. The minimum absolute atomic E-state index is 0.0943. The van der Waals surface area contributed by atoms with Crippen molar-refractivity contribution in [3.05, 3.63) is 23.3 Å². The van der Waals surface area contributed by atoms with Crippen LogP contribution in [0.1, 0.15) is 18.1 Å². The molecular formula is C13H18O4. The molecule has 17 heavy (non-hydrogen) atoms. The summed E-state index contributed by atoms with van der Waals surface area (Å²) in [6.07, 6.45) is 0.351. The SMILES string of the molecule is COCc1c(OC)ccc(CC(C)=O)c1OC. The van der Waals surface area contributed by atoms with Crippen LogP contribution in [0.3, 0.4) is 0 Å². The van der Waals surface area contributed by atoms with Gasteiger partial charge in [-0.15, -0.1) is 0 Å². The molecule has 0 amide bonds. The van der Waals surface area contributed by atoms with Gasteiger partial charge in [0.25, 0.3) is 0 Å². The monoisotopic (exact) mass is 238 g/mol. The van der Waals surface area contributed by atoms with Crippen molar-refractivity contribution >= 4 is 5.78 Å². The molecule has 0 saturated carbocycles. The van der Waals surface area contributed by atoms with E-state index in [0.29, 0.717) is 24.5 Å². The molecule has 0 atom stereocenters. The highest BCUT2D eigenvalue weighted by atomic mass is 16.5. The average Bonchev–Trinajstić information content (AvgIpc) is 2.29. The highest BCUT2D eigenvalue weighted by Gasteiger charge is 2.15. The molecule has 1 rings (SSSR count). The zero-order chi connectivity index (χ0) is 12.8.